The predicted octanol–water partition coefficient (Wildman–Crippen LogP) is 1.93. The first-order chi connectivity index (χ1) is 5.70. The van der Waals surface area contributed by atoms with Crippen LogP contribution < -0.4 is 5.73 Å². The fourth-order valence-corrected chi connectivity index (χ4v) is 1.81. The third-order valence-corrected chi connectivity index (χ3v) is 2.61. The molecule has 1 rings (SSSR count). The van der Waals surface area contributed by atoms with Crippen molar-refractivity contribution < 1.29 is 4.74 Å². The van der Waals surface area contributed by atoms with Crippen molar-refractivity contribution in [3.8, 4) is 0 Å². The van der Waals surface area contributed by atoms with Crippen molar-refractivity contribution in [2.24, 2.45) is 11.7 Å². The topological polar surface area (TPSA) is 35.2 Å². The van der Waals surface area contributed by atoms with Gasteiger partial charge in [0.15, 0.2) is 0 Å². The smallest absolute Gasteiger partial charge is 0.0618 e. The molecular formula is C10H21NO. The molecule has 0 aromatic heterocycles. The van der Waals surface area contributed by atoms with Gasteiger partial charge in [-0.1, -0.05) is 19.8 Å². The van der Waals surface area contributed by atoms with Crippen molar-refractivity contribution >= 4 is 0 Å². The predicted molar refractivity (Wildman–Crippen MR) is 51.0 cm³/mol. The van der Waals surface area contributed by atoms with Crippen molar-refractivity contribution in [1.29, 1.82) is 0 Å². The van der Waals surface area contributed by atoms with E-state index in [4.69, 9.17) is 10.5 Å². The van der Waals surface area contributed by atoms with Crippen molar-refractivity contribution in [3.63, 3.8) is 0 Å². The first-order valence-electron chi connectivity index (χ1n) is 5.07. The molecule has 0 aliphatic heterocycles. The largest absolute Gasteiger partial charge is 0.376 e. The molecule has 0 spiro atoms. The van der Waals surface area contributed by atoms with E-state index < -0.39 is 0 Å². The van der Waals surface area contributed by atoms with E-state index in [1.165, 1.54) is 25.7 Å². The van der Waals surface area contributed by atoms with Crippen LogP contribution >= 0.6 is 0 Å². The maximum absolute atomic E-state index is 5.73. The highest BCUT2D eigenvalue weighted by Crippen LogP contribution is 2.26. The molecule has 0 heterocycles. The summed E-state index contributed by atoms with van der Waals surface area (Å²) in [6.07, 6.45) is 5.73. The zero-order valence-corrected chi connectivity index (χ0v) is 8.25. The van der Waals surface area contributed by atoms with Gasteiger partial charge in [-0.05, 0) is 25.7 Å². The Bertz CT molecular complexity index is 125. The summed E-state index contributed by atoms with van der Waals surface area (Å²) in [5.41, 5.74) is 5.63. The normalized spacial score (nSPS) is 33.2. The number of rotatable bonds is 3. The molecular weight excluding hydrogens is 150 g/mol. The fourth-order valence-electron chi connectivity index (χ4n) is 1.81. The minimum atomic E-state index is 0.180. The lowest BCUT2D eigenvalue weighted by molar-refractivity contribution is -0.00931. The molecule has 1 saturated carbocycles. The Morgan fingerprint density at radius 1 is 1.42 bits per heavy atom. The van der Waals surface area contributed by atoms with Crippen molar-refractivity contribution in [3.05, 3.63) is 0 Å². The first-order valence-corrected chi connectivity index (χ1v) is 5.07. The van der Waals surface area contributed by atoms with Gasteiger partial charge in [0.05, 0.1) is 12.7 Å². The van der Waals surface area contributed by atoms with Gasteiger partial charge in [-0.2, -0.15) is 0 Å². The Labute approximate surface area is 75.5 Å². The van der Waals surface area contributed by atoms with Crippen molar-refractivity contribution in [2.45, 2.75) is 51.7 Å². The van der Waals surface area contributed by atoms with Gasteiger partial charge in [0, 0.05) is 6.04 Å². The van der Waals surface area contributed by atoms with Gasteiger partial charge in [-0.3, -0.25) is 0 Å². The minimum absolute atomic E-state index is 0.180. The highest BCUT2D eigenvalue weighted by molar-refractivity contribution is 4.72. The second-order valence-corrected chi connectivity index (χ2v) is 4.11. The molecule has 0 saturated heterocycles. The molecule has 2 heteroatoms. The van der Waals surface area contributed by atoms with Gasteiger partial charge < -0.3 is 10.5 Å². The molecule has 0 aromatic carbocycles. The summed E-state index contributed by atoms with van der Waals surface area (Å²) in [4.78, 5) is 0. The van der Waals surface area contributed by atoms with Gasteiger partial charge in [-0.25, -0.2) is 0 Å². The summed E-state index contributed by atoms with van der Waals surface area (Å²) >= 11 is 0. The summed E-state index contributed by atoms with van der Waals surface area (Å²) in [6.45, 7) is 4.99. The van der Waals surface area contributed by atoms with E-state index in [0.29, 0.717) is 6.10 Å². The van der Waals surface area contributed by atoms with Gasteiger partial charge in [0.25, 0.3) is 0 Å². The summed E-state index contributed by atoms with van der Waals surface area (Å²) < 4.78 is 5.73. The van der Waals surface area contributed by atoms with Crippen LogP contribution in [0.3, 0.4) is 0 Å². The maximum atomic E-state index is 5.73. The van der Waals surface area contributed by atoms with E-state index in [2.05, 4.69) is 6.92 Å². The Morgan fingerprint density at radius 2 is 2.08 bits per heavy atom. The second-order valence-electron chi connectivity index (χ2n) is 4.11. The lowest BCUT2D eigenvalue weighted by Crippen LogP contribution is -2.31. The second kappa shape index (κ2) is 4.83. The quantitative estimate of drug-likeness (QED) is 0.704. The zero-order chi connectivity index (χ0) is 8.97. The van der Waals surface area contributed by atoms with E-state index in [1.807, 2.05) is 6.92 Å². The summed E-state index contributed by atoms with van der Waals surface area (Å²) in [5, 5.41) is 0. The molecule has 1 aliphatic rings. The molecule has 3 atom stereocenters. The van der Waals surface area contributed by atoms with Crippen molar-refractivity contribution in [2.75, 3.05) is 6.61 Å². The Morgan fingerprint density at radius 3 is 2.67 bits per heavy atom. The summed E-state index contributed by atoms with van der Waals surface area (Å²) in [6, 6.07) is 0.180. The Hall–Kier alpha value is -0.0800. The Kier molecular flexibility index (Phi) is 4.02. The van der Waals surface area contributed by atoms with E-state index in [-0.39, 0.29) is 6.04 Å². The molecule has 3 unspecified atom stereocenters. The average Bonchev–Trinajstić information content (AvgIpc) is 2.03. The number of hydrogen-bond acceptors (Lipinski definition) is 2. The molecule has 0 amide bonds. The third-order valence-electron chi connectivity index (χ3n) is 2.61. The van der Waals surface area contributed by atoms with Crippen LogP contribution in [0, 0.1) is 5.92 Å². The van der Waals surface area contributed by atoms with Crippen LogP contribution in [0.15, 0.2) is 0 Å². The average molecular weight is 171 g/mol. The fraction of sp³-hybridized carbons (Fsp3) is 1.00. The molecule has 1 aliphatic carbocycles. The third kappa shape index (κ3) is 3.11. The van der Waals surface area contributed by atoms with Crippen LogP contribution in [-0.2, 0) is 4.74 Å². The monoisotopic (exact) mass is 171 g/mol. The molecule has 0 radical (unpaired) electrons. The molecule has 0 aromatic rings. The van der Waals surface area contributed by atoms with Crippen LogP contribution in [-0.4, -0.2) is 18.8 Å². The lowest BCUT2D eigenvalue weighted by Gasteiger charge is -2.29. The first kappa shape index (κ1) is 10.0. The minimum Gasteiger partial charge on any atom is -0.376 e. The standard InChI is InChI=1S/C10H21NO/c1-8-5-3-4-6-10(8)12-7-9(2)11/h8-10H,3-7,11H2,1-2H3. The van der Waals surface area contributed by atoms with Gasteiger partial charge >= 0.3 is 0 Å². The van der Waals surface area contributed by atoms with Crippen LogP contribution in [0.1, 0.15) is 39.5 Å². The molecule has 0 bridgehead atoms. The SMILES string of the molecule is CC(N)COC1CCCCC1C. The molecule has 72 valence electrons. The van der Waals surface area contributed by atoms with Crippen LogP contribution in [0.4, 0.5) is 0 Å². The van der Waals surface area contributed by atoms with Crippen LogP contribution in [0.2, 0.25) is 0 Å². The molecule has 2 nitrogen and oxygen atoms in total. The van der Waals surface area contributed by atoms with E-state index >= 15 is 0 Å². The summed E-state index contributed by atoms with van der Waals surface area (Å²) in [5.74, 6) is 0.734. The molecule has 12 heavy (non-hydrogen) atoms. The van der Waals surface area contributed by atoms with E-state index in [0.717, 1.165) is 12.5 Å². The number of nitrogens with two attached hydrogens (primary N) is 1. The molecule has 2 N–H and O–H groups in total. The zero-order valence-electron chi connectivity index (χ0n) is 8.25. The van der Waals surface area contributed by atoms with Crippen LogP contribution in [0.25, 0.3) is 0 Å². The van der Waals surface area contributed by atoms with Gasteiger partial charge in [0.2, 0.25) is 0 Å². The Balaban J connectivity index is 2.20. The van der Waals surface area contributed by atoms with E-state index in [9.17, 15) is 0 Å². The number of hydrogen-bond donors (Lipinski definition) is 1. The number of ether oxygens (including phenoxy) is 1. The highest BCUT2D eigenvalue weighted by Gasteiger charge is 2.21. The van der Waals surface area contributed by atoms with Gasteiger partial charge in [-0.15, -0.1) is 0 Å². The van der Waals surface area contributed by atoms with E-state index in [1.54, 1.807) is 0 Å². The van der Waals surface area contributed by atoms with Crippen molar-refractivity contribution in [1.82, 2.24) is 0 Å². The van der Waals surface area contributed by atoms with Gasteiger partial charge in [0.1, 0.15) is 0 Å². The highest BCUT2D eigenvalue weighted by atomic mass is 16.5. The van der Waals surface area contributed by atoms with Crippen LogP contribution in [0.5, 0.6) is 0 Å². The maximum Gasteiger partial charge on any atom is 0.0618 e. The summed E-state index contributed by atoms with van der Waals surface area (Å²) in [7, 11) is 0. The molecule has 1 fully saturated rings. The lowest BCUT2D eigenvalue weighted by atomic mass is 9.88.